The van der Waals surface area contributed by atoms with Crippen LogP contribution in [-0.4, -0.2) is 48.9 Å². The van der Waals surface area contributed by atoms with Crippen LogP contribution in [-0.2, 0) is 14.6 Å². The van der Waals surface area contributed by atoms with E-state index in [9.17, 15) is 13.2 Å². The zero-order chi connectivity index (χ0) is 20.3. The molecule has 1 amide bonds. The van der Waals surface area contributed by atoms with Gasteiger partial charge in [0.25, 0.3) is 5.91 Å². The van der Waals surface area contributed by atoms with Gasteiger partial charge in [-0.1, -0.05) is 45.0 Å². The molecule has 0 aromatic heterocycles. The molecule has 0 N–H and O–H groups in total. The van der Waals surface area contributed by atoms with Crippen molar-refractivity contribution < 1.29 is 17.9 Å². The molecule has 0 bridgehead atoms. The summed E-state index contributed by atoms with van der Waals surface area (Å²) in [5.41, 5.74) is 0.821. The van der Waals surface area contributed by atoms with E-state index in [1.807, 2.05) is 43.0 Å². The number of sulfone groups is 1. The van der Waals surface area contributed by atoms with Crippen molar-refractivity contribution in [1.29, 1.82) is 0 Å². The lowest BCUT2D eigenvalue weighted by Gasteiger charge is -2.25. The number of thioether (sulfide) groups is 1. The highest BCUT2D eigenvalue weighted by Gasteiger charge is 2.49. The molecule has 3 rings (SSSR count). The first-order chi connectivity index (χ1) is 13.3. The van der Waals surface area contributed by atoms with Crippen LogP contribution in [0.3, 0.4) is 0 Å². The summed E-state index contributed by atoms with van der Waals surface area (Å²) in [6.45, 7) is 6.58. The van der Waals surface area contributed by atoms with Crippen LogP contribution in [0.15, 0.2) is 29.3 Å². The monoisotopic (exact) mass is 424 g/mol. The average molecular weight is 425 g/mol. The van der Waals surface area contributed by atoms with Gasteiger partial charge in [0.15, 0.2) is 15.0 Å². The Kier molecular flexibility index (Phi) is 6.70. The number of amides is 1. The van der Waals surface area contributed by atoms with Crippen molar-refractivity contribution in [2.75, 3.05) is 23.0 Å². The lowest BCUT2D eigenvalue weighted by molar-refractivity contribution is -0.121. The molecule has 2 aliphatic heterocycles. The number of aliphatic imine (C=N–C) groups is 1. The van der Waals surface area contributed by atoms with E-state index in [0.717, 1.165) is 30.7 Å². The number of nitrogens with zero attached hydrogens (tertiary/aromatic N) is 2. The fourth-order valence-corrected chi connectivity index (χ4v) is 7.22. The van der Waals surface area contributed by atoms with Gasteiger partial charge >= 0.3 is 0 Å². The summed E-state index contributed by atoms with van der Waals surface area (Å²) in [6.07, 6.45) is 2.75. The Labute approximate surface area is 171 Å². The molecule has 2 saturated heterocycles. The molecule has 3 unspecified atom stereocenters. The van der Waals surface area contributed by atoms with Crippen molar-refractivity contribution in [1.82, 2.24) is 0 Å². The van der Waals surface area contributed by atoms with Gasteiger partial charge in [0.1, 0.15) is 5.75 Å². The molecule has 28 heavy (non-hydrogen) atoms. The van der Waals surface area contributed by atoms with E-state index in [2.05, 4.69) is 11.9 Å². The number of hydrogen-bond donors (Lipinski definition) is 0. The number of hydrogen-bond acceptors (Lipinski definition) is 5. The Hall–Kier alpha value is -1.54. The second kappa shape index (κ2) is 8.86. The third-order valence-corrected chi connectivity index (χ3v) is 8.38. The summed E-state index contributed by atoms with van der Waals surface area (Å²) in [4.78, 5) is 18.7. The largest absolute Gasteiger partial charge is 0.494 e. The summed E-state index contributed by atoms with van der Waals surface area (Å²) < 4.78 is 30.2. The van der Waals surface area contributed by atoms with Gasteiger partial charge < -0.3 is 9.64 Å². The first kappa shape index (κ1) is 21.2. The Morgan fingerprint density at radius 2 is 2.14 bits per heavy atom. The van der Waals surface area contributed by atoms with Gasteiger partial charge in [-0.3, -0.25) is 4.79 Å². The highest BCUT2D eigenvalue weighted by molar-refractivity contribution is 8.16. The van der Waals surface area contributed by atoms with Crippen LogP contribution in [0.5, 0.6) is 5.75 Å². The zero-order valence-electron chi connectivity index (χ0n) is 16.6. The Balaban J connectivity index is 1.92. The van der Waals surface area contributed by atoms with E-state index in [1.165, 1.54) is 11.8 Å². The predicted octanol–water partition coefficient (Wildman–Crippen LogP) is 3.51. The van der Waals surface area contributed by atoms with Crippen molar-refractivity contribution in [2.45, 2.75) is 51.3 Å². The van der Waals surface area contributed by atoms with Crippen molar-refractivity contribution in [3.8, 4) is 5.75 Å². The van der Waals surface area contributed by atoms with Gasteiger partial charge in [-0.15, -0.1) is 0 Å². The van der Waals surface area contributed by atoms with E-state index in [-0.39, 0.29) is 34.6 Å². The lowest BCUT2D eigenvalue weighted by Crippen LogP contribution is -2.37. The molecule has 0 saturated carbocycles. The maximum Gasteiger partial charge on any atom is 0.250 e. The fourth-order valence-electron chi connectivity index (χ4n) is 3.30. The maximum absolute atomic E-state index is 12.4. The smallest absolute Gasteiger partial charge is 0.250 e. The molecule has 2 aliphatic rings. The van der Waals surface area contributed by atoms with Gasteiger partial charge in [-0.05, 0) is 25.0 Å². The Morgan fingerprint density at radius 3 is 2.86 bits per heavy atom. The van der Waals surface area contributed by atoms with Crippen LogP contribution in [0.2, 0.25) is 0 Å². The topological polar surface area (TPSA) is 76.0 Å². The zero-order valence-corrected chi connectivity index (χ0v) is 18.3. The molecule has 0 aliphatic carbocycles. The highest BCUT2D eigenvalue weighted by atomic mass is 32.2. The van der Waals surface area contributed by atoms with E-state index in [0.29, 0.717) is 11.8 Å². The number of carbonyl (C=O) groups is 1. The molecule has 2 heterocycles. The van der Waals surface area contributed by atoms with Crippen LogP contribution >= 0.6 is 11.8 Å². The number of benzene rings is 1. The molecular weight excluding hydrogens is 396 g/mol. The molecule has 2 fully saturated rings. The van der Waals surface area contributed by atoms with E-state index in [4.69, 9.17) is 4.74 Å². The van der Waals surface area contributed by atoms with Crippen molar-refractivity contribution in [3.05, 3.63) is 24.3 Å². The SMILES string of the molecule is CCCCOc1cccc(N2C(=NC(=O)C(C)CC)SC3CS(=O)(=O)CC32)c1. The average Bonchev–Trinajstić information content (AvgIpc) is 3.12. The number of fused-ring (bicyclic) bond motifs is 1. The number of anilines is 1. The number of carbonyl (C=O) groups excluding carboxylic acids is 1. The summed E-state index contributed by atoms with van der Waals surface area (Å²) in [5.74, 6) is 0.647. The summed E-state index contributed by atoms with van der Waals surface area (Å²) in [7, 11) is -3.08. The third-order valence-electron chi connectivity index (χ3n) is 5.17. The molecule has 6 nitrogen and oxygen atoms in total. The van der Waals surface area contributed by atoms with Gasteiger partial charge in [-0.2, -0.15) is 4.99 Å². The minimum absolute atomic E-state index is 0.0854. The van der Waals surface area contributed by atoms with Crippen LogP contribution in [0.1, 0.15) is 40.0 Å². The molecule has 8 heteroatoms. The van der Waals surface area contributed by atoms with Gasteiger partial charge in [0.2, 0.25) is 0 Å². The molecule has 1 aromatic rings. The second-order valence-corrected chi connectivity index (χ2v) is 10.8. The summed E-state index contributed by atoms with van der Waals surface area (Å²) in [5, 5.41) is 0.499. The van der Waals surface area contributed by atoms with Crippen molar-refractivity contribution in [3.63, 3.8) is 0 Å². The van der Waals surface area contributed by atoms with Crippen LogP contribution in [0.4, 0.5) is 5.69 Å². The number of ether oxygens (including phenoxy) is 1. The van der Waals surface area contributed by atoms with Gasteiger partial charge in [0, 0.05) is 22.9 Å². The highest BCUT2D eigenvalue weighted by Crippen LogP contribution is 2.41. The standard InChI is InChI=1S/C20H28N2O4S2/c1-4-6-10-26-16-9-7-8-15(11-16)22-17-12-28(24,25)13-18(17)27-20(22)21-19(23)14(3)5-2/h7-9,11,14,17-18H,4-6,10,12-13H2,1-3H3. The number of unbranched alkanes of at least 4 members (excludes halogenated alkanes) is 1. The molecule has 3 atom stereocenters. The van der Waals surface area contributed by atoms with Crippen LogP contribution < -0.4 is 9.64 Å². The summed E-state index contributed by atoms with van der Waals surface area (Å²) >= 11 is 1.41. The number of amidine groups is 1. The van der Waals surface area contributed by atoms with E-state index < -0.39 is 9.84 Å². The van der Waals surface area contributed by atoms with E-state index >= 15 is 0 Å². The first-order valence-corrected chi connectivity index (χ1v) is 12.6. The fraction of sp³-hybridized carbons (Fsp3) is 0.600. The minimum atomic E-state index is -3.08. The maximum atomic E-state index is 12.4. The first-order valence-electron chi connectivity index (χ1n) is 9.86. The number of rotatable bonds is 7. The molecule has 0 radical (unpaired) electrons. The van der Waals surface area contributed by atoms with Gasteiger partial charge in [0.05, 0.1) is 24.2 Å². The van der Waals surface area contributed by atoms with Gasteiger partial charge in [-0.25, -0.2) is 8.42 Å². The Morgan fingerprint density at radius 1 is 1.36 bits per heavy atom. The van der Waals surface area contributed by atoms with Crippen LogP contribution in [0, 0.1) is 5.92 Å². The minimum Gasteiger partial charge on any atom is -0.494 e. The molecule has 154 valence electrons. The Bertz CT molecular complexity index is 854. The van der Waals surface area contributed by atoms with Crippen LogP contribution in [0.25, 0.3) is 0 Å². The second-order valence-electron chi connectivity index (χ2n) is 7.41. The summed E-state index contributed by atoms with van der Waals surface area (Å²) in [6, 6.07) is 7.42. The molecule has 0 spiro atoms. The molecule has 1 aromatic carbocycles. The lowest BCUT2D eigenvalue weighted by atomic mass is 10.1. The van der Waals surface area contributed by atoms with E-state index in [1.54, 1.807) is 0 Å². The normalized spacial score (nSPS) is 25.7. The molecular formula is C20H28N2O4S2. The third kappa shape index (κ3) is 4.71. The quantitative estimate of drug-likeness (QED) is 0.624. The van der Waals surface area contributed by atoms with Crippen molar-refractivity contribution in [2.24, 2.45) is 10.9 Å². The van der Waals surface area contributed by atoms with Crippen molar-refractivity contribution >= 4 is 38.4 Å². The predicted molar refractivity (Wildman–Crippen MR) is 115 cm³/mol.